The molecule has 30 heavy (non-hydrogen) atoms. The van der Waals surface area contributed by atoms with Crippen LogP contribution in [-0.4, -0.2) is 66.2 Å². The first kappa shape index (κ1) is 23.9. The van der Waals surface area contributed by atoms with Gasteiger partial charge < -0.3 is 20.3 Å². The standard InChI is InChI=1S/C20H29N7O2.HI/c1-21-18(28)12-14-8-10-27(11-9-14)20(22-2)23-13-17-24-19(26-25-17)15-4-6-16(29-3)7-5-15;/h4-7,14H,8-13H2,1-3H3,(H,21,28)(H,22,23)(H,24,25,26);1H. The maximum Gasteiger partial charge on any atom is 0.220 e. The molecule has 1 aromatic carbocycles. The number of guanidine groups is 1. The van der Waals surface area contributed by atoms with Crippen LogP contribution in [0, 0.1) is 5.92 Å². The average Bonchev–Trinajstić information content (AvgIpc) is 3.24. The third-order valence-electron chi connectivity index (χ3n) is 5.17. The van der Waals surface area contributed by atoms with Crippen molar-refractivity contribution in [3.63, 3.8) is 0 Å². The highest BCUT2D eigenvalue weighted by Crippen LogP contribution is 2.21. The third-order valence-corrected chi connectivity index (χ3v) is 5.17. The minimum Gasteiger partial charge on any atom is -0.497 e. The van der Waals surface area contributed by atoms with Gasteiger partial charge in [-0.2, -0.15) is 5.10 Å². The fraction of sp³-hybridized carbons (Fsp3) is 0.500. The molecule has 0 spiro atoms. The predicted molar refractivity (Wildman–Crippen MR) is 127 cm³/mol. The summed E-state index contributed by atoms with van der Waals surface area (Å²) in [7, 11) is 5.11. The zero-order valence-electron chi connectivity index (χ0n) is 17.6. The summed E-state index contributed by atoms with van der Waals surface area (Å²) in [5.74, 6) is 3.58. The number of carbonyl (C=O) groups excluding carboxylic acids is 1. The minimum atomic E-state index is 0. The molecule has 0 aliphatic carbocycles. The molecule has 10 heteroatoms. The molecule has 9 nitrogen and oxygen atoms in total. The molecule has 1 amide bonds. The van der Waals surface area contributed by atoms with Crippen molar-refractivity contribution in [3.8, 4) is 17.1 Å². The monoisotopic (exact) mass is 527 g/mol. The van der Waals surface area contributed by atoms with Gasteiger partial charge in [0.1, 0.15) is 11.6 Å². The van der Waals surface area contributed by atoms with Gasteiger partial charge in [-0.25, -0.2) is 4.98 Å². The molecule has 0 unspecified atom stereocenters. The zero-order chi connectivity index (χ0) is 20.6. The summed E-state index contributed by atoms with van der Waals surface area (Å²) in [6.07, 6.45) is 2.57. The quantitative estimate of drug-likeness (QED) is 0.302. The highest BCUT2D eigenvalue weighted by atomic mass is 127. The third kappa shape index (κ3) is 6.31. The second-order valence-corrected chi connectivity index (χ2v) is 7.04. The first-order valence-electron chi connectivity index (χ1n) is 9.84. The molecule has 0 bridgehead atoms. The number of benzene rings is 1. The van der Waals surface area contributed by atoms with Crippen LogP contribution in [0.3, 0.4) is 0 Å². The largest absolute Gasteiger partial charge is 0.497 e. The summed E-state index contributed by atoms with van der Waals surface area (Å²) < 4.78 is 5.18. The van der Waals surface area contributed by atoms with Gasteiger partial charge in [0.25, 0.3) is 0 Å². The molecule has 1 aromatic heterocycles. The SMILES string of the molecule is CN=C(NCc1nc(-c2ccc(OC)cc2)n[nH]1)N1CCC(CC(=O)NC)CC1.I. The molecule has 2 heterocycles. The van der Waals surface area contributed by atoms with Gasteiger partial charge in [0.15, 0.2) is 11.8 Å². The number of aliphatic imine (C=N–C) groups is 1. The normalized spacial score (nSPS) is 14.8. The second-order valence-electron chi connectivity index (χ2n) is 7.04. The Morgan fingerprint density at radius 1 is 1.30 bits per heavy atom. The van der Waals surface area contributed by atoms with E-state index >= 15 is 0 Å². The number of piperidine rings is 1. The van der Waals surface area contributed by atoms with Crippen LogP contribution in [-0.2, 0) is 11.3 Å². The molecule has 0 atom stereocenters. The van der Waals surface area contributed by atoms with E-state index in [1.165, 1.54) is 0 Å². The Bertz CT molecular complexity index is 830. The number of hydrogen-bond acceptors (Lipinski definition) is 5. The van der Waals surface area contributed by atoms with E-state index in [1.54, 1.807) is 21.2 Å². The zero-order valence-corrected chi connectivity index (χ0v) is 20.0. The number of likely N-dealkylation sites (tertiary alicyclic amines) is 1. The number of amides is 1. The van der Waals surface area contributed by atoms with Gasteiger partial charge in [0, 0.05) is 39.2 Å². The Kier molecular flexibility index (Phi) is 9.34. The van der Waals surface area contributed by atoms with Crippen LogP contribution in [0.2, 0.25) is 0 Å². The van der Waals surface area contributed by atoms with Crippen molar-refractivity contribution >= 4 is 35.8 Å². The van der Waals surface area contributed by atoms with Crippen molar-refractivity contribution in [2.24, 2.45) is 10.9 Å². The predicted octanol–water partition coefficient (Wildman–Crippen LogP) is 2.02. The molecule has 164 valence electrons. The van der Waals surface area contributed by atoms with E-state index in [2.05, 4.69) is 35.7 Å². The van der Waals surface area contributed by atoms with Gasteiger partial charge in [0.2, 0.25) is 5.91 Å². The van der Waals surface area contributed by atoms with Gasteiger partial charge in [-0.3, -0.25) is 14.9 Å². The maximum absolute atomic E-state index is 11.6. The van der Waals surface area contributed by atoms with Gasteiger partial charge in [-0.05, 0) is 43.0 Å². The molecule has 1 saturated heterocycles. The van der Waals surface area contributed by atoms with E-state index in [1.807, 2.05) is 24.3 Å². The van der Waals surface area contributed by atoms with Crippen LogP contribution in [0.5, 0.6) is 5.75 Å². The molecule has 2 aromatic rings. The number of methoxy groups -OCH3 is 1. The Balaban J connectivity index is 0.00000320. The first-order valence-corrected chi connectivity index (χ1v) is 9.84. The molecule has 1 fully saturated rings. The highest BCUT2D eigenvalue weighted by Gasteiger charge is 2.23. The van der Waals surface area contributed by atoms with E-state index in [9.17, 15) is 4.79 Å². The molecule has 1 aliphatic rings. The number of nitrogens with one attached hydrogen (secondary N) is 3. The Morgan fingerprint density at radius 2 is 2.00 bits per heavy atom. The number of halogens is 1. The number of aromatic amines is 1. The van der Waals surface area contributed by atoms with Crippen molar-refractivity contribution < 1.29 is 9.53 Å². The lowest BCUT2D eigenvalue weighted by molar-refractivity contribution is -0.121. The Morgan fingerprint density at radius 3 is 2.60 bits per heavy atom. The van der Waals surface area contributed by atoms with Crippen molar-refractivity contribution in [2.75, 3.05) is 34.3 Å². The second kappa shape index (κ2) is 11.7. The summed E-state index contributed by atoms with van der Waals surface area (Å²) in [4.78, 5) is 22.7. The fourth-order valence-electron chi connectivity index (χ4n) is 3.45. The molecule has 3 rings (SSSR count). The summed E-state index contributed by atoms with van der Waals surface area (Å²) in [5, 5.41) is 13.3. The highest BCUT2D eigenvalue weighted by molar-refractivity contribution is 14.0. The van der Waals surface area contributed by atoms with Gasteiger partial charge >= 0.3 is 0 Å². The Labute approximate surface area is 194 Å². The van der Waals surface area contributed by atoms with E-state index < -0.39 is 0 Å². The minimum absolute atomic E-state index is 0. The van der Waals surface area contributed by atoms with Crippen molar-refractivity contribution in [3.05, 3.63) is 30.1 Å². The van der Waals surface area contributed by atoms with E-state index in [0.717, 1.165) is 49.0 Å². The van der Waals surface area contributed by atoms with Gasteiger partial charge in [0.05, 0.1) is 13.7 Å². The summed E-state index contributed by atoms with van der Waals surface area (Å²) in [6.45, 7) is 2.28. The van der Waals surface area contributed by atoms with Crippen LogP contribution >= 0.6 is 24.0 Å². The molecule has 0 radical (unpaired) electrons. The van der Waals surface area contributed by atoms with Crippen molar-refractivity contribution in [1.82, 2.24) is 30.7 Å². The lowest BCUT2D eigenvalue weighted by Crippen LogP contribution is -2.45. The molecular weight excluding hydrogens is 497 g/mol. The van der Waals surface area contributed by atoms with Crippen LogP contribution in [0.4, 0.5) is 0 Å². The van der Waals surface area contributed by atoms with Gasteiger partial charge in [-0.15, -0.1) is 24.0 Å². The first-order chi connectivity index (χ1) is 14.1. The maximum atomic E-state index is 11.6. The average molecular weight is 527 g/mol. The van der Waals surface area contributed by atoms with Crippen LogP contribution in [0.1, 0.15) is 25.1 Å². The summed E-state index contributed by atoms with van der Waals surface area (Å²) in [5.41, 5.74) is 0.927. The van der Waals surface area contributed by atoms with E-state index in [-0.39, 0.29) is 29.9 Å². The van der Waals surface area contributed by atoms with Crippen molar-refractivity contribution in [1.29, 1.82) is 0 Å². The van der Waals surface area contributed by atoms with Crippen molar-refractivity contribution in [2.45, 2.75) is 25.8 Å². The number of H-pyrrole nitrogens is 1. The fourth-order valence-corrected chi connectivity index (χ4v) is 3.45. The topological polar surface area (TPSA) is 108 Å². The van der Waals surface area contributed by atoms with Gasteiger partial charge in [-0.1, -0.05) is 0 Å². The smallest absolute Gasteiger partial charge is 0.220 e. The number of hydrogen-bond donors (Lipinski definition) is 3. The number of carbonyl (C=O) groups is 1. The van der Waals surface area contributed by atoms with Crippen LogP contribution in [0.25, 0.3) is 11.4 Å². The molecule has 0 saturated carbocycles. The molecule has 3 N–H and O–H groups in total. The number of nitrogens with zero attached hydrogens (tertiary/aromatic N) is 4. The van der Waals surface area contributed by atoms with Crippen LogP contribution < -0.4 is 15.4 Å². The lowest BCUT2D eigenvalue weighted by Gasteiger charge is -2.33. The molecular formula is C20H30IN7O2. The Hall–Kier alpha value is -2.37. The molecule has 1 aliphatic heterocycles. The van der Waals surface area contributed by atoms with E-state index in [0.29, 0.717) is 24.7 Å². The number of rotatable bonds is 6. The number of aromatic nitrogens is 3. The summed E-state index contributed by atoms with van der Waals surface area (Å²) >= 11 is 0. The summed E-state index contributed by atoms with van der Waals surface area (Å²) in [6, 6.07) is 7.64. The van der Waals surface area contributed by atoms with Crippen LogP contribution in [0.15, 0.2) is 29.3 Å². The van der Waals surface area contributed by atoms with E-state index in [4.69, 9.17) is 4.74 Å². The number of ether oxygens (including phenoxy) is 1. The lowest BCUT2D eigenvalue weighted by atomic mass is 9.93.